The number of carbonyl (C=O) groups is 1. The van der Waals surface area contributed by atoms with E-state index in [2.05, 4.69) is 5.32 Å². The average Bonchev–Trinajstić information content (AvgIpc) is 3.13. The first-order valence-electron chi connectivity index (χ1n) is 8.02. The molecule has 0 atom stereocenters. The second-order valence-electron chi connectivity index (χ2n) is 5.73. The maximum atomic E-state index is 13.2. The molecule has 1 N–H and O–H groups in total. The zero-order valence-corrected chi connectivity index (χ0v) is 13.9. The maximum absolute atomic E-state index is 13.2. The number of amides is 1. The molecule has 0 aliphatic rings. The molecule has 3 rings (SSSR count). The van der Waals surface area contributed by atoms with Crippen molar-refractivity contribution in [3.8, 4) is 0 Å². The number of halogens is 2. The summed E-state index contributed by atoms with van der Waals surface area (Å²) in [5.41, 5.74) is 1.75. The number of rotatable bonds is 7. The van der Waals surface area contributed by atoms with Gasteiger partial charge in [-0.15, -0.1) is 0 Å². The van der Waals surface area contributed by atoms with E-state index in [9.17, 15) is 13.6 Å². The van der Waals surface area contributed by atoms with E-state index in [1.165, 1.54) is 0 Å². The zero-order chi connectivity index (χ0) is 18.4. The SMILES string of the molecule is O=C(NCc1cccc(COCc2ccco2)c1)c1cc(F)cc(F)c1. The predicted molar refractivity (Wildman–Crippen MR) is 91.2 cm³/mol. The van der Waals surface area contributed by atoms with Crippen LogP contribution >= 0.6 is 0 Å². The third-order valence-corrected chi connectivity index (χ3v) is 3.66. The van der Waals surface area contributed by atoms with E-state index in [0.717, 1.165) is 35.1 Å². The maximum Gasteiger partial charge on any atom is 0.251 e. The summed E-state index contributed by atoms with van der Waals surface area (Å²) < 4.78 is 37.1. The van der Waals surface area contributed by atoms with Crippen molar-refractivity contribution in [3.63, 3.8) is 0 Å². The minimum absolute atomic E-state index is 0.0552. The van der Waals surface area contributed by atoms with Crippen LogP contribution in [0.2, 0.25) is 0 Å². The van der Waals surface area contributed by atoms with Crippen LogP contribution in [0, 0.1) is 11.6 Å². The van der Waals surface area contributed by atoms with E-state index < -0.39 is 17.5 Å². The van der Waals surface area contributed by atoms with E-state index in [-0.39, 0.29) is 12.1 Å². The van der Waals surface area contributed by atoms with Gasteiger partial charge in [0.2, 0.25) is 0 Å². The van der Waals surface area contributed by atoms with Crippen molar-refractivity contribution in [2.45, 2.75) is 19.8 Å². The molecule has 1 heterocycles. The van der Waals surface area contributed by atoms with Gasteiger partial charge in [0.1, 0.15) is 24.0 Å². The Balaban J connectivity index is 1.53. The van der Waals surface area contributed by atoms with Gasteiger partial charge in [0, 0.05) is 18.2 Å². The number of hydrogen-bond acceptors (Lipinski definition) is 3. The molecule has 0 saturated carbocycles. The Morgan fingerprint density at radius 3 is 2.46 bits per heavy atom. The normalized spacial score (nSPS) is 10.7. The first kappa shape index (κ1) is 17.8. The van der Waals surface area contributed by atoms with Crippen LogP contribution in [0.4, 0.5) is 8.78 Å². The summed E-state index contributed by atoms with van der Waals surface area (Å²) in [7, 11) is 0. The standard InChI is InChI=1S/C20H17F2NO3/c21-17-8-16(9-18(22)10-17)20(24)23-11-14-3-1-4-15(7-14)12-25-13-19-5-2-6-26-19/h1-10H,11-13H2,(H,23,24). The van der Waals surface area contributed by atoms with E-state index in [4.69, 9.17) is 9.15 Å². The number of nitrogens with one attached hydrogen (secondary N) is 1. The molecule has 0 fully saturated rings. The minimum atomic E-state index is -0.786. The Morgan fingerprint density at radius 1 is 0.962 bits per heavy atom. The van der Waals surface area contributed by atoms with Gasteiger partial charge in [0.25, 0.3) is 5.91 Å². The Morgan fingerprint density at radius 2 is 1.73 bits per heavy atom. The van der Waals surface area contributed by atoms with E-state index >= 15 is 0 Å². The first-order valence-corrected chi connectivity index (χ1v) is 8.02. The highest BCUT2D eigenvalue weighted by Crippen LogP contribution is 2.11. The summed E-state index contributed by atoms with van der Waals surface area (Å²) in [6.07, 6.45) is 1.59. The zero-order valence-electron chi connectivity index (χ0n) is 13.9. The fourth-order valence-corrected chi connectivity index (χ4v) is 2.46. The molecule has 0 unspecified atom stereocenters. The molecule has 0 aliphatic carbocycles. The lowest BCUT2D eigenvalue weighted by atomic mass is 10.1. The highest BCUT2D eigenvalue weighted by molar-refractivity contribution is 5.94. The molecule has 0 bridgehead atoms. The molecule has 0 spiro atoms. The lowest BCUT2D eigenvalue weighted by Crippen LogP contribution is -2.23. The van der Waals surface area contributed by atoms with E-state index in [0.29, 0.717) is 13.2 Å². The molecular formula is C20H17F2NO3. The number of furan rings is 1. The molecule has 134 valence electrons. The van der Waals surface area contributed by atoms with Crippen molar-refractivity contribution in [3.05, 3.63) is 94.9 Å². The van der Waals surface area contributed by atoms with Crippen LogP contribution in [0.3, 0.4) is 0 Å². The van der Waals surface area contributed by atoms with Gasteiger partial charge in [-0.2, -0.15) is 0 Å². The second-order valence-corrected chi connectivity index (χ2v) is 5.73. The minimum Gasteiger partial charge on any atom is -0.467 e. The van der Waals surface area contributed by atoms with Gasteiger partial charge in [-0.3, -0.25) is 4.79 Å². The van der Waals surface area contributed by atoms with Crippen molar-refractivity contribution in [1.29, 1.82) is 0 Å². The average molecular weight is 357 g/mol. The Kier molecular flexibility index (Phi) is 5.76. The third-order valence-electron chi connectivity index (χ3n) is 3.66. The lowest BCUT2D eigenvalue weighted by Gasteiger charge is -2.08. The first-order chi connectivity index (χ1) is 12.6. The summed E-state index contributed by atoms with van der Waals surface area (Å²) >= 11 is 0. The smallest absolute Gasteiger partial charge is 0.251 e. The molecule has 0 aliphatic heterocycles. The molecule has 0 saturated heterocycles. The summed E-state index contributed by atoms with van der Waals surface area (Å²) in [6.45, 7) is 1.01. The topological polar surface area (TPSA) is 51.5 Å². The van der Waals surface area contributed by atoms with Gasteiger partial charge in [-0.1, -0.05) is 24.3 Å². The van der Waals surface area contributed by atoms with Crippen molar-refractivity contribution in [1.82, 2.24) is 5.32 Å². The fourth-order valence-electron chi connectivity index (χ4n) is 2.46. The van der Waals surface area contributed by atoms with Crippen LogP contribution in [-0.4, -0.2) is 5.91 Å². The van der Waals surface area contributed by atoms with Crippen LogP contribution in [0.15, 0.2) is 65.3 Å². The molecule has 6 heteroatoms. The van der Waals surface area contributed by atoms with Crippen molar-refractivity contribution in [2.24, 2.45) is 0 Å². The van der Waals surface area contributed by atoms with Crippen LogP contribution < -0.4 is 5.32 Å². The van der Waals surface area contributed by atoms with Gasteiger partial charge in [-0.05, 0) is 35.4 Å². The Labute approximate surface area is 149 Å². The molecule has 4 nitrogen and oxygen atoms in total. The number of hydrogen-bond donors (Lipinski definition) is 1. The third kappa shape index (κ3) is 5.00. The van der Waals surface area contributed by atoms with Gasteiger partial charge >= 0.3 is 0 Å². The summed E-state index contributed by atoms with van der Waals surface area (Å²) in [5.74, 6) is -1.37. The van der Waals surface area contributed by atoms with Gasteiger partial charge in [0.05, 0.1) is 12.9 Å². The highest BCUT2D eigenvalue weighted by Gasteiger charge is 2.09. The van der Waals surface area contributed by atoms with Gasteiger partial charge in [-0.25, -0.2) is 8.78 Å². The van der Waals surface area contributed by atoms with Crippen LogP contribution in [0.25, 0.3) is 0 Å². The monoisotopic (exact) mass is 357 g/mol. The number of ether oxygens (including phenoxy) is 1. The van der Waals surface area contributed by atoms with E-state index in [1.54, 1.807) is 12.3 Å². The molecule has 3 aromatic rings. The second kappa shape index (κ2) is 8.40. The molecule has 1 amide bonds. The van der Waals surface area contributed by atoms with E-state index in [1.807, 2.05) is 30.3 Å². The molecule has 2 aromatic carbocycles. The van der Waals surface area contributed by atoms with Gasteiger partial charge < -0.3 is 14.5 Å². The van der Waals surface area contributed by atoms with Crippen molar-refractivity contribution >= 4 is 5.91 Å². The van der Waals surface area contributed by atoms with Crippen molar-refractivity contribution < 1.29 is 22.7 Å². The molecule has 26 heavy (non-hydrogen) atoms. The molecule has 1 aromatic heterocycles. The number of carbonyl (C=O) groups excluding carboxylic acids is 1. The highest BCUT2D eigenvalue weighted by atomic mass is 19.1. The largest absolute Gasteiger partial charge is 0.467 e. The lowest BCUT2D eigenvalue weighted by molar-refractivity contribution is 0.0928. The quantitative estimate of drug-likeness (QED) is 0.689. The fraction of sp³-hybridized carbons (Fsp3) is 0.150. The summed E-state index contributed by atoms with van der Waals surface area (Å²) in [6, 6.07) is 13.9. The Bertz CT molecular complexity index is 858. The Hall–Kier alpha value is -2.99. The van der Waals surface area contributed by atoms with Crippen LogP contribution in [0.1, 0.15) is 27.2 Å². The number of benzene rings is 2. The predicted octanol–water partition coefficient (Wildman–Crippen LogP) is 4.20. The van der Waals surface area contributed by atoms with Crippen molar-refractivity contribution in [2.75, 3.05) is 0 Å². The summed E-state index contributed by atoms with van der Waals surface area (Å²) in [4.78, 5) is 12.0. The van der Waals surface area contributed by atoms with Crippen LogP contribution in [-0.2, 0) is 24.5 Å². The van der Waals surface area contributed by atoms with Crippen LogP contribution in [0.5, 0.6) is 0 Å². The summed E-state index contributed by atoms with van der Waals surface area (Å²) in [5, 5.41) is 2.65. The molecular weight excluding hydrogens is 340 g/mol. The van der Waals surface area contributed by atoms with Gasteiger partial charge in [0.15, 0.2) is 0 Å². The molecule has 0 radical (unpaired) electrons.